The van der Waals surface area contributed by atoms with Crippen molar-refractivity contribution in [1.29, 1.82) is 0 Å². The maximum Gasteiger partial charge on any atom is 0.242 e. The van der Waals surface area contributed by atoms with E-state index in [2.05, 4.69) is 18.3 Å². The summed E-state index contributed by atoms with van der Waals surface area (Å²) < 4.78 is 0. The summed E-state index contributed by atoms with van der Waals surface area (Å²) >= 11 is 1.38. The Balaban J connectivity index is 1.78. The van der Waals surface area contributed by atoms with Crippen LogP contribution in [0, 0.1) is 20.8 Å². The van der Waals surface area contributed by atoms with Gasteiger partial charge in [0, 0.05) is 18.7 Å². The van der Waals surface area contributed by atoms with Crippen LogP contribution >= 0.6 is 11.8 Å². The first-order chi connectivity index (χ1) is 13.9. The number of hydrogen-bond donors (Lipinski definition) is 1. The number of para-hydroxylation sites is 1. The first-order valence-electron chi connectivity index (χ1n) is 9.89. The highest BCUT2D eigenvalue weighted by Crippen LogP contribution is 2.33. The lowest BCUT2D eigenvalue weighted by molar-refractivity contribution is -0.128. The molecule has 0 radical (unpaired) electrons. The Morgan fingerprint density at radius 3 is 2.55 bits per heavy atom. The molecule has 0 spiro atoms. The van der Waals surface area contributed by atoms with Crippen LogP contribution in [0.2, 0.25) is 0 Å². The van der Waals surface area contributed by atoms with Crippen LogP contribution in [-0.2, 0) is 9.59 Å². The summed E-state index contributed by atoms with van der Waals surface area (Å²) in [5, 5.41) is 3.15. The number of rotatable bonds is 6. The number of aliphatic imine (C=N–C) groups is 1. The smallest absolute Gasteiger partial charge is 0.242 e. The molecule has 1 saturated heterocycles. The Hall–Kier alpha value is -2.60. The van der Waals surface area contributed by atoms with Gasteiger partial charge in [-0.3, -0.25) is 14.5 Å². The van der Waals surface area contributed by atoms with Gasteiger partial charge in [-0.05, 0) is 56.0 Å². The zero-order chi connectivity index (χ0) is 21.0. The van der Waals surface area contributed by atoms with Crippen LogP contribution < -0.4 is 5.32 Å². The lowest BCUT2D eigenvalue weighted by Gasteiger charge is -2.15. The number of carbonyl (C=O) groups excluding carboxylic acids is 2. The number of hydrogen-bond acceptors (Lipinski definition) is 4. The highest BCUT2D eigenvalue weighted by molar-refractivity contribution is 8.15. The number of thioether (sulfide) groups is 1. The third kappa shape index (κ3) is 4.88. The molecule has 1 atom stereocenters. The number of nitrogens with one attached hydrogen (secondary N) is 1. The van der Waals surface area contributed by atoms with E-state index in [-0.39, 0.29) is 18.2 Å². The summed E-state index contributed by atoms with van der Waals surface area (Å²) in [6, 6.07) is 13.6. The second-order valence-corrected chi connectivity index (χ2v) is 8.45. The number of amides is 2. The van der Waals surface area contributed by atoms with Gasteiger partial charge in [-0.25, -0.2) is 4.99 Å². The first-order valence-corrected chi connectivity index (χ1v) is 10.8. The van der Waals surface area contributed by atoms with E-state index in [4.69, 9.17) is 4.99 Å². The summed E-state index contributed by atoms with van der Waals surface area (Å²) in [6.45, 7) is 8.67. The minimum absolute atomic E-state index is 0.0409. The molecule has 0 bridgehead atoms. The molecule has 152 valence electrons. The molecule has 2 amide bonds. The number of amidine groups is 1. The number of carbonyl (C=O) groups is 2. The molecule has 0 aliphatic carbocycles. The van der Waals surface area contributed by atoms with E-state index in [1.165, 1.54) is 11.8 Å². The predicted molar refractivity (Wildman–Crippen MR) is 121 cm³/mol. The Morgan fingerprint density at radius 1 is 1.10 bits per heavy atom. The maximum absolute atomic E-state index is 12.9. The number of nitrogens with zero attached hydrogens (tertiary/aromatic N) is 2. The Morgan fingerprint density at radius 2 is 1.83 bits per heavy atom. The van der Waals surface area contributed by atoms with Crippen molar-refractivity contribution in [3.63, 3.8) is 0 Å². The van der Waals surface area contributed by atoms with Gasteiger partial charge in [-0.15, -0.1) is 0 Å². The van der Waals surface area contributed by atoms with Gasteiger partial charge in [-0.2, -0.15) is 0 Å². The molecule has 1 fully saturated rings. The average Bonchev–Trinajstić information content (AvgIpc) is 2.96. The summed E-state index contributed by atoms with van der Waals surface area (Å²) in [7, 11) is 0. The van der Waals surface area contributed by atoms with Crippen molar-refractivity contribution in [3.8, 4) is 0 Å². The highest BCUT2D eigenvalue weighted by Gasteiger charge is 2.38. The quantitative estimate of drug-likeness (QED) is 0.732. The predicted octanol–water partition coefficient (Wildman–Crippen LogP) is 4.98. The monoisotopic (exact) mass is 409 g/mol. The zero-order valence-electron chi connectivity index (χ0n) is 17.4. The zero-order valence-corrected chi connectivity index (χ0v) is 18.2. The highest BCUT2D eigenvalue weighted by atomic mass is 32.2. The van der Waals surface area contributed by atoms with Crippen molar-refractivity contribution in [2.75, 3.05) is 11.9 Å². The van der Waals surface area contributed by atoms with Crippen LogP contribution in [0.25, 0.3) is 0 Å². The Labute approximate surface area is 176 Å². The lowest BCUT2D eigenvalue weighted by Crippen LogP contribution is -2.34. The first kappa shape index (κ1) is 21.1. The van der Waals surface area contributed by atoms with Gasteiger partial charge < -0.3 is 5.32 Å². The van der Waals surface area contributed by atoms with Crippen molar-refractivity contribution >= 4 is 40.1 Å². The van der Waals surface area contributed by atoms with Crippen LogP contribution in [0.4, 0.5) is 11.4 Å². The number of benzene rings is 2. The molecule has 1 aliphatic rings. The van der Waals surface area contributed by atoms with E-state index in [1.54, 1.807) is 4.90 Å². The third-order valence-electron chi connectivity index (χ3n) is 5.05. The SMILES string of the molecule is CCCN1C(=O)[C@H](CC(=O)Nc2ccccc2C)SC1=Nc1cccc(C)c1C. The molecule has 2 aromatic carbocycles. The molecule has 6 heteroatoms. The van der Waals surface area contributed by atoms with Crippen LogP contribution in [0.3, 0.4) is 0 Å². The number of anilines is 1. The van der Waals surface area contributed by atoms with E-state index in [9.17, 15) is 9.59 Å². The topological polar surface area (TPSA) is 61.8 Å². The van der Waals surface area contributed by atoms with Gasteiger partial charge in [0.15, 0.2) is 5.17 Å². The minimum atomic E-state index is -0.450. The van der Waals surface area contributed by atoms with Gasteiger partial charge in [-0.1, -0.05) is 49.0 Å². The molecular formula is C23H27N3O2S. The molecule has 5 nitrogen and oxygen atoms in total. The van der Waals surface area contributed by atoms with Crippen LogP contribution in [0.15, 0.2) is 47.5 Å². The molecule has 0 unspecified atom stereocenters. The van der Waals surface area contributed by atoms with E-state index in [0.29, 0.717) is 11.7 Å². The van der Waals surface area contributed by atoms with Crippen molar-refractivity contribution in [1.82, 2.24) is 4.90 Å². The third-order valence-corrected chi connectivity index (χ3v) is 6.22. The van der Waals surface area contributed by atoms with Gasteiger partial charge >= 0.3 is 0 Å². The maximum atomic E-state index is 12.9. The molecular weight excluding hydrogens is 382 g/mol. The fourth-order valence-corrected chi connectivity index (χ4v) is 4.37. The summed E-state index contributed by atoms with van der Waals surface area (Å²) in [4.78, 5) is 32.0. The van der Waals surface area contributed by atoms with E-state index >= 15 is 0 Å². The van der Waals surface area contributed by atoms with Crippen molar-refractivity contribution in [2.45, 2.75) is 45.8 Å². The fraction of sp³-hybridized carbons (Fsp3) is 0.348. The minimum Gasteiger partial charge on any atom is -0.326 e. The fourth-order valence-electron chi connectivity index (χ4n) is 3.20. The molecule has 29 heavy (non-hydrogen) atoms. The Kier molecular flexibility index (Phi) is 6.75. The second kappa shape index (κ2) is 9.27. The summed E-state index contributed by atoms with van der Waals surface area (Å²) in [6.07, 6.45) is 0.962. The van der Waals surface area contributed by atoms with Crippen LogP contribution in [-0.4, -0.2) is 33.7 Å². The van der Waals surface area contributed by atoms with Gasteiger partial charge in [0.2, 0.25) is 11.8 Å². The van der Waals surface area contributed by atoms with Gasteiger partial charge in [0.25, 0.3) is 0 Å². The van der Waals surface area contributed by atoms with E-state index in [1.807, 2.05) is 57.2 Å². The summed E-state index contributed by atoms with van der Waals surface area (Å²) in [5.41, 5.74) is 4.91. The molecule has 0 saturated carbocycles. The van der Waals surface area contributed by atoms with E-state index in [0.717, 1.165) is 34.5 Å². The molecule has 1 N–H and O–H groups in total. The molecule has 0 aromatic heterocycles. The molecule has 2 aromatic rings. The molecule has 1 aliphatic heterocycles. The van der Waals surface area contributed by atoms with Crippen molar-refractivity contribution < 1.29 is 9.59 Å². The standard InChI is InChI=1S/C23H27N3O2S/c1-5-13-26-22(28)20(14-21(27)24-18-11-7-6-9-16(18)3)29-23(26)25-19-12-8-10-15(2)17(19)4/h6-12,20H,5,13-14H2,1-4H3,(H,24,27)/t20-/m0/s1. The van der Waals surface area contributed by atoms with Crippen molar-refractivity contribution in [2.24, 2.45) is 4.99 Å². The Bertz CT molecular complexity index is 955. The molecule has 3 rings (SSSR count). The van der Waals surface area contributed by atoms with Crippen molar-refractivity contribution in [3.05, 3.63) is 59.2 Å². The van der Waals surface area contributed by atoms with Crippen LogP contribution in [0.1, 0.15) is 36.5 Å². The normalized spacial score (nSPS) is 17.8. The van der Waals surface area contributed by atoms with E-state index < -0.39 is 5.25 Å². The lowest BCUT2D eigenvalue weighted by atomic mass is 10.1. The number of aryl methyl sites for hydroxylation is 2. The largest absolute Gasteiger partial charge is 0.326 e. The molecule has 1 heterocycles. The average molecular weight is 410 g/mol. The second-order valence-electron chi connectivity index (χ2n) is 7.28. The van der Waals surface area contributed by atoms with Crippen LogP contribution in [0.5, 0.6) is 0 Å². The van der Waals surface area contributed by atoms with Gasteiger partial charge in [0.05, 0.1) is 5.69 Å². The van der Waals surface area contributed by atoms with Gasteiger partial charge in [0.1, 0.15) is 5.25 Å². The summed E-state index contributed by atoms with van der Waals surface area (Å²) in [5.74, 6) is -0.199.